The molecule has 0 saturated heterocycles. The third-order valence-electron chi connectivity index (χ3n) is 4.49. The highest BCUT2D eigenvalue weighted by Gasteiger charge is 2.19. The zero-order chi connectivity index (χ0) is 23.3. The highest BCUT2D eigenvalue weighted by atomic mass is 35.5. The number of anilines is 1. The number of hydrogen-bond donors (Lipinski definition) is 2. The molecule has 0 aliphatic heterocycles. The first-order valence-corrected chi connectivity index (χ1v) is 10.9. The molecule has 0 saturated carbocycles. The summed E-state index contributed by atoms with van der Waals surface area (Å²) in [7, 11) is 3.31. The van der Waals surface area contributed by atoms with Gasteiger partial charge < -0.3 is 19.9 Å². The average Bonchev–Trinajstić information content (AvgIpc) is 3.15. The molecule has 3 rings (SSSR count). The molecule has 0 fully saturated rings. The summed E-state index contributed by atoms with van der Waals surface area (Å²) in [6, 6.07) is 10.3. The first kappa shape index (κ1) is 23.6. The fourth-order valence-corrected chi connectivity index (χ4v) is 3.72. The Balaban J connectivity index is 1.57. The monoisotopic (exact) mass is 477 g/mol. The number of benzene rings is 2. The SMILES string of the molecule is COc1ccc(C(=O)NC(C)c2nnc(SCC(=O)Nc3ccc(F)c(Cl)c3)n2C)cc1. The van der Waals surface area contributed by atoms with Crippen LogP contribution in [0.1, 0.15) is 29.1 Å². The summed E-state index contributed by atoms with van der Waals surface area (Å²) in [6.07, 6.45) is 0. The lowest BCUT2D eigenvalue weighted by Gasteiger charge is -2.14. The molecule has 0 aliphatic rings. The van der Waals surface area contributed by atoms with Crippen molar-refractivity contribution in [3.8, 4) is 5.75 Å². The molecule has 168 valence electrons. The van der Waals surface area contributed by atoms with Gasteiger partial charge in [-0.1, -0.05) is 23.4 Å². The normalized spacial score (nSPS) is 11.7. The Labute approximate surface area is 193 Å². The Kier molecular flexibility index (Phi) is 7.70. The minimum absolute atomic E-state index is 0.0631. The molecule has 1 unspecified atom stereocenters. The number of nitrogens with one attached hydrogen (secondary N) is 2. The molecule has 11 heteroatoms. The Hall–Kier alpha value is -3.11. The van der Waals surface area contributed by atoms with Gasteiger partial charge in [-0.3, -0.25) is 9.59 Å². The van der Waals surface area contributed by atoms with Gasteiger partial charge in [0.15, 0.2) is 11.0 Å². The van der Waals surface area contributed by atoms with Gasteiger partial charge in [-0.2, -0.15) is 0 Å². The van der Waals surface area contributed by atoms with Crippen LogP contribution in [0.4, 0.5) is 10.1 Å². The van der Waals surface area contributed by atoms with E-state index >= 15 is 0 Å². The van der Waals surface area contributed by atoms with E-state index in [1.54, 1.807) is 49.9 Å². The minimum Gasteiger partial charge on any atom is -0.497 e. The number of carbonyl (C=O) groups is 2. The van der Waals surface area contributed by atoms with Crippen molar-refractivity contribution in [3.63, 3.8) is 0 Å². The largest absolute Gasteiger partial charge is 0.497 e. The summed E-state index contributed by atoms with van der Waals surface area (Å²) in [5.41, 5.74) is 0.891. The summed E-state index contributed by atoms with van der Waals surface area (Å²) < 4.78 is 20.0. The number of halogens is 2. The molecule has 3 aromatic rings. The quantitative estimate of drug-likeness (QED) is 0.478. The zero-order valence-electron chi connectivity index (χ0n) is 17.6. The Morgan fingerprint density at radius 1 is 1.22 bits per heavy atom. The molecule has 0 bridgehead atoms. The summed E-state index contributed by atoms with van der Waals surface area (Å²) in [6.45, 7) is 1.80. The van der Waals surface area contributed by atoms with E-state index in [1.165, 1.54) is 30.0 Å². The second-order valence-electron chi connectivity index (χ2n) is 6.79. The lowest BCUT2D eigenvalue weighted by molar-refractivity contribution is -0.113. The van der Waals surface area contributed by atoms with E-state index in [2.05, 4.69) is 20.8 Å². The van der Waals surface area contributed by atoms with Crippen molar-refractivity contribution in [1.29, 1.82) is 0 Å². The topological polar surface area (TPSA) is 98.1 Å². The van der Waals surface area contributed by atoms with Gasteiger partial charge in [0.1, 0.15) is 11.6 Å². The number of aromatic nitrogens is 3. The van der Waals surface area contributed by atoms with Crippen LogP contribution in [0, 0.1) is 5.82 Å². The van der Waals surface area contributed by atoms with Crippen LogP contribution >= 0.6 is 23.4 Å². The van der Waals surface area contributed by atoms with E-state index in [1.807, 2.05) is 0 Å². The molecular formula is C21H21ClFN5O3S. The van der Waals surface area contributed by atoms with Crippen LogP contribution in [0.3, 0.4) is 0 Å². The summed E-state index contributed by atoms with van der Waals surface area (Å²) in [5.74, 6) is 0.154. The van der Waals surface area contributed by atoms with Gasteiger partial charge in [0.2, 0.25) is 5.91 Å². The maximum absolute atomic E-state index is 13.2. The average molecular weight is 478 g/mol. The van der Waals surface area contributed by atoms with Gasteiger partial charge in [0, 0.05) is 18.3 Å². The number of thioether (sulfide) groups is 1. The van der Waals surface area contributed by atoms with E-state index in [-0.39, 0.29) is 22.6 Å². The highest BCUT2D eigenvalue weighted by molar-refractivity contribution is 7.99. The standard InChI is InChI=1S/C21H21ClFN5O3S/c1-12(24-20(30)13-4-7-15(31-3)8-5-13)19-26-27-21(28(19)2)32-11-18(29)25-14-6-9-17(23)16(22)10-14/h4-10,12H,11H2,1-3H3,(H,24,30)(H,25,29). The van der Waals surface area contributed by atoms with Crippen molar-refractivity contribution in [3.05, 3.63) is 64.7 Å². The van der Waals surface area contributed by atoms with E-state index < -0.39 is 11.9 Å². The zero-order valence-corrected chi connectivity index (χ0v) is 19.1. The fraction of sp³-hybridized carbons (Fsp3) is 0.238. The number of nitrogens with zero attached hydrogens (tertiary/aromatic N) is 3. The van der Waals surface area contributed by atoms with Crippen molar-refractivity contribution in [2.24, 2.45) is 7.05 Å². The molecule has 0 aliphatic carbocycles. The van der Waals surface area contributed by atoms with E-state index in [0.29, 0.717) is 28.0 Å². The van der Waals surface area contributed by atoms with Gasteiger partial charge in [0.05, 0.1) is 23.9 Å². The number of carbonyl (C=O) groups excluding carboxylic acids is 2. The van der Waals surface area contributed by atoms with E-state index in [9.17, 15) is 14.0 Å². The number of ether oxygens (including phenoxy) is 1. The van der Waals surface area contributed by atoms with Crippen LogP contribution < -0.4 is 15.4 Å². The minimum atomic E-state index is -0.557. The lowest BCUT2D eigenvalue weighted by atomic mass is 10.2. The van der Waals surface area contributed by atoms with E-state index in [4.69, 9.17) is 16.3 Å². The second-order valence-corrected chi connectivity index (χ2v) is 8.14. The molecule has 2 amide bonds. The van der Waals surface area contributed by atoms with Crippen LogP contribution in [-0.4, -0.2) is 39.4 Å². The second kappa shape index (κ2) is 10.5. The van der Waals surface area contributed by atoms with Crippen molar-refractivity contribution in [2.45, 2.75) is 18.1 Å². The van der Waals surface area contributed by atoms with Crippen molar-refractivity contribution >= 4 is 40.9 Å². The number of hydrogen-bond acceptors (Lipinski definition) is 6. The lowest BCUT2D eigenvalue weighted by Crippen LogP contribution is -2.28. The fourth-order valence-electron chi connectivity index (χ4n) is 2.82. The maximum Gasteiger partial charge on any atom is 0.251 e. The molecule has 1 heterocycles. The maximum atomic E-state index is 13.2. The third kappa shape index (κ3) is 5.77. The van der Waals surface area contributed by atoms with Crippen LogP contribution in [0.5, 0.6) is 5.75 Å². The third-order valence-corrected chi connectivity index (χ3v) is 5.80. The smallest absolute Gasteiger partial charge is 0.251 e. The number of methoxy groups -OCH3 is 1. The molecule has 0 radical (unpaired) electrons. The highest BCUT2D eigenvalue weighted by Crippen LogP contribution is 2.22. The van der Waals surface area contributed by atoms with Crippen molar-refractivity contribution in [2.75, 3.05) is 18.2 Å². The van der Waals surface area contributed by atoms with Crippen LogP contribution in [0.25, 0.3) is 0 Å². The van der Waals surface area contributed by atoms with Crippen LogP contribution in [0.2, 0.25) is 5.02 Å². The van der Waals surface area contributed by atoms with Gasteiger partial charge in [-0.05, 0) is 49.4 Å². The predicted octanol–water partition coefficient (Wildman–Crippen LogP) is 3.84. The first-order valence-electron chi connectivity index (χ1n) is 9.50. The van der Waals surface area contributed by atoms with Crippen molar-refractivity contribution in [1.82, 2.24) is 20.1 Å². The van der Waals surface area contributed by atoms with Gasteiger partial charge in [-0.25, -0.2) is 4.39 Å². The molecule has 8 nitrogen and oxygen atoms in total. The Morgan fingerprint density at radius 2 is 1.94 bits per heavy atom. The van der Waals surface area contributed by atoms with Crippen molar-refractivity contribution < 1.29 is 18.7 Å². The molecule has 32 heavy (non-hydrogen) atoms. The molecule has 2 aromatic carbocycles. The van der Waals surface area contributed by atoms with Gasteiger partial charge in [-0.15, -0.1) is 10.2 Å². The summed E-state index contributed by atoms with van der Waals surface area (Å²) >= 11 is 6.91. The van der Waals surface area contributed by atoms with E-state index in [0.717, 1.165) is 0 Å². The van der Waals surface area contributed by atoms with Gasteiger partial charge in [0.25, 0.3) is 5.91 Å². The molecule has 1 atom stereocenters. The molecule has 0 spiro atoms. The first-order chi connectivity index (χ1) is 15.3. The summed E-state index contributed by atoms with van der Waals surface area (Å²) in [4.78, 5) is 24.7. The molecular weight excluding hydrogens is 457 g/mol. The Morgan fingerprint density at radius 3 is 2.59 bits per heavy atom. The molecule has 1 aromatic heterocycles. The van der Waals surface area contributed by atoms with Crippen LogP contribution in [0.15, 0.2) is 47.6 Å². The summed E-state index contributed by atoms with van der Waals surface area (Å²) in [5, 5.41) is 14.2. The number of amides is 2. The Bertz CT molecular complexity index is 1120. The molecule has 2 N–H and O–H groups in total. The number of rotatable bonds is 8. The predicted molar refractivity (Wildman–Crippen MR) is 121 cm³/mol. The van der Waals surface area contributed by atoms with Gasteiger partial charge >= 0.3 is 0 Å². The van der Waals surface area contributed by atoms with Crippen LogP contribution in [-0.2, 0) is 11.8 Å².